The third-order valence-corrected chi connectivity index (χ3v) is 3.75. The molecule has 0 saturated heterocycles. The van der Waals surface area contributed by atoms with Gasteiger partial charge < -0.3 is 14.3 Å². The highest BCUT2D eigenvalue weighted by Crippen LogP contribution is 2.33. The summed E-state index contributed by atoms with van der Waals surface area (Å²) < 4.78 is 6.91. The molecule has 104 valence electrons. The molecule has 1 aliphatic carbocycles. The molecule has 2 heterocycles. The van der Waals surface area contributed by atoms with Gasteiger partial charge in [0.2, 0.25) is 11.6 Å². The number of fused-ring (bicyclic) bond motifs is 4. The van der Waals surface area contributed by atoms with Crippen molar-refractivity contribution < 1.29 is 14.3 Å². The Morgan fingerprint density at radius 2 is 2.05 bits per heavy atom. The Bertz CT molecular complexity index is 904. The molecule has 0 atom stereocenters. The van der Waals surface area contributed by atoms with E-state index in [1.165, 1.54) is 6.33 Å². The zero-order valence-corrected chi connectivity index (χ0v) is 11.2. The molecule has 0 unspecified atom stereocenters. The van der Waals surface area contributed by atoms with Crippen molar-refractivity contribution in [1.29, 1.82) is 0 Å². The number of para-hydroxylation sites is 1. The molecule has 0 amide bonds. The highest BCUT2D eigenvalue weighted by Gasteiger charge is 2.37. The van der Waals surface area contributed by atoms with Gasteiger partial charge in [-0.05, 0) is 6.07 Å². The van der Waals surface area contributed by atoms with Crippen LogP contribution in [-0.2, 0) is 11.5 Å². The molecule has 6 heteroatoms. The molecule has 1 N–H and O–H groups in total. The molecule has 2 aromatic heterocycles. The summed E-state index contributed by atoms with van der Waals surface area (Å²) in [5.41, 5.74) is 2.00. The summed E-state index contributed by atoms with van der Waals surface area (Å²) in [6.07, 6.45) is 1.37. The predicted molar refractivity (Wildman–Crippen MR) is 74.4 cm³/mol. The van der Waals surface area contributed by atoms with Crippen molar-refractivity contribution in [3.63, 3.8) is 0 Å². The van der Waals surface area contributed by atoms with Crippen molar-refractivity contribution in [3.8, 4) is 0 Å². The first kappa shape index (κ1) is 12.0. The lowest BCUT2D eigenvalue weighted by Gasteiger charge is -2.13. The number of aromatic amines is 1. The number of methoxy groups -OCH3 is 1. The van der Waals surface area contributed by atoms with Gasteiger partial charge in [-0.15, -0.1) is 0 Å². The van der Waals surface area contributed by atoms with Crippen LogP contribution in [0.4, 0.5) is 0 Å². The summed E-state index contributed by atoms with van der Waals surface area (Å²) in [4.78, 5) is 32.1. The first-order valence-corrected chi connectivity index (χ1v) is 6.47. The SMILES string of the molecule is COCn1c2c(c3ccccc31)C(=O)c1[nH]cnc1C2=O. The number of ether oxygens (including phenoxy) is 1. The molecule has 1 aliphatic rings. The van der Waals surface area contributed by atoms with Crippen LogP contribution in [0.15, 0.2) is 30.6 Å². The van der Waals surface area contributed by atoms with E-state index in [2.05, 4.69) is 9.97 Å². The molecular formula is C15H11N3O3. The number of hydrogen-bond acceptors (Lipinski definition) is 4. The van der Waals surface area contributed by atoms with E-state index >= 15 is 0 Å². The summed E-state index contributed by atoms with van der Waals surface area (Å²) in [6.45, 7) is 0.203. The van der Waals surface area contributed by atoms with Gasteiger partial charge in [-0.1, -0.05) is 18.2 Å². The van der Waals surface area contributed by atoms with Crippen LogP contribution in [0.2, 0.25) is 0 Å². The lowest BCUT2D eigenvalue weighted by atomic mass is 9.94. The molecule has 0 aliphatic heterocycles. The van der Waals surface area contributed by atoms with Crippen LogP contribution >= 0.6 is 0 Å². The fraction of sp³-hybridized carbons (Fsp3) is 0.133. The van der Waals surface area contributed by atoms with Crippen LogP contribution in [0.3, 0.4) is 0 Å². The van der Waals surface area contributed by atoms with Gasteiger partial charge >= 0.3 is 0 Å². The second kappa shape index (κ2) is 4.13. The van der Waals surface area contributed by atoms with E-state index in [0.29, 0.717) is 11.3 Å². The Kier molecular flexibility index (Phi) is 2.37. The lowest BCUT2D eigenvalue weighted by Crippen LogP contribution is -2.23. The second-order valence-electron chi connectivity index (χ2n) is 4.87. The van der Waals surface area contributed by atoms with Crippen LogP contribution < -0.4 is 0 Å². The molecular weight excluding hydrogens is 270 g/mol. The monoisotopic (exact) mass is 281 g/mol. The zero-order valence-electron chi connectivity index (χ0n) is 11.2. The zero-order chi connectivity index (χ0) is 14.6. The van der Waals surface area contributed by atoms with E-state index in [1.54, 1.807) is 11.7 Å². The van der Waals surface area contributed by atoms with Crippen LogP contribution in [0.25, 0.3) is 10.9 Å². The van der Waals surface area contributed by atoms with E-state index in [-0.39, 0.29) is 29.7 Å². The fourth-order valence-corrected chi connectivity index (χ4v) is 2.91. The van der Waals surface area contributed by atoms with Gasteiger partial charge in [0.25, 0.3) is 0 Å². The molecule has 0 bridgehead atoms. The molecule has 0 fully saturated rings. The quantitative estimate of drug-likeness (QED) is 0.607. The number of benzene rings is 1. The summed E-state index contributed by atoms with van der Waals surface area (Å²) in [6, 6.07) is 7.42. The molecule has 0 spiro atoms. The highest BCUT2D eigenvalue weighted by atomic mass is 16.5. The number of nitrogens with one attached hydrogen (secondary N) is 1. The van der Waals surface area contributed by atoms with E-state index in [9.17, 15) is 9.59 Å². The van der Waals surface area contributed by atoms with Gasteiger partial charge in [0, 0.05) is 12.5 Å². The molecule has 21 heavy (non-hydrogen) atoms. The number of nitrogens with zero attached hydrogens (tertiary/aromatic N) is 2. The average molecular weight is 281 g/mol. The second-order valence-corrected chi connectivity index (χ2v) is 4.87. The predicted octanol–water partition coefficient (Wildman–Crippen LogP) is 1.74. The number of hydrogen-bond donors (Lipinski definition) is 1. The Labute approximate surface area is 119 Å². The molecule has 0 saturated carbocycles. The first-order chi connectivity index (χ1) is 10.2. The van der Waals surface area contributed by atoms with Crippen LogP contribution in [0.5, 0.6) is 0 Å². The molecule has 1 aromatic carbocycles. The Morgan fingerprint density at radius 1 is 1.24 bits per heavy atom. The van der Waals surface area contributed by atoms with Gasteiger partial charge in [0.1, 0.15) is 23.8 Å². The third-order valence-electron chi connectivity index (χ3n) is 3.75. The molecule has 6 nitrogen and oxygen atoms in total. The van der Waals surface area contributed by atoms with E-state index in [0.717, 1.165) is 10.9 Å². The fourth-order valence-electron chi connectivity index (χ4n) is 2.91. The minimum absolute atomic E-state index is 0.174. The number of carbonyl (C=O) groups is 2. The van der Waals surface area contributed by atoms with Crippen molar-refractivity contribution >= 4 is 22.5 Å². The van der Waals surface area contributed by atoms with Gasteiger partial charge in [-0.2, -0.15) is 0 Å². The molecule has 3 aromatic rings. The maximum Gasteiger partial charge on any atom is 0.230 e. The third kappa shape index (κ3) is 1.42. The minimum Gasteiger partial charge on any atom is -0.364 e. The summed E-state index contributed by atoms with van der Waals surface area (Å²) in [5, 5.41) is 0.753. The molecule has 4 rings (SSSR count). The smallest absolute Gasteiger partial charge is 0.230 e. The Balaban J connectivity index is 2.14. The van der Waals surface area contributed by atoms with E-state index in [1.807, 2.05) is 24.3 Å². The van der Waals surface area contributed by atoms with Gasteiger partial charge in [-0.3, -0.25) is 9.59 Å². The van der Waals surface area contributed by atoms with E-state index in [4.69, 9.17) is 4.74 Å². The van der Waals surface area contributed by atoms with Crippen LogP contribution in [-0.4, -0.2) is 33.2 Å². The van der Waals surface area contributed by atoms with Crippen molar-refractivity contribution in [2.45, 2.75) is 6.73 Å². The van der Waals surface area contributed by atoms with Crippen molar-refractivity contribution in [2.75, 3.05) is 7.11 Å². The Hall–Kier alpha value is -2.73. The number of carbonyl (C=O) groups excluding carboxylic acids is 2. The first-order valence-electron chi connectivity index (χ1n) is 6.47. The van der Waals surface area contributed by atoms with E-state index < -0.39 is 0 Å². The summed E-state index contributed by atoms with van der Waals surface area (Å²) >= 11 is 0. The number of aromatic nitrogens is 3. The van der Waals surface area contributed by atoms with Crippen molar-refractivity contribution in [2.24, 2.45) is 0 Å². The molecule has 0 radical (unpaired) electrons. The minimum atomic E-state index is -0.255. The standard InChI is InChI=1S/C15H11N3O3/c1-21-7-18-9-5-3-2-4-8(9)10-13(18)15(20)12-11(14(10)19)16-6-17-12/h2-6H,7H2,1H3,(H,16,17). The van der Waals surface area contributed by atoms with Crippen molar-refractivity contribution in [1.82, 2.24) is 14.5 Å². The maximum atomic E-state index is 12.7. The summed E-state index contributed by atoms with van der Waals surface area (Å²) in [5.74, 6) is -0.461. The highest BCUT2D eigenvalue weighted by molar-refractivity contribution is 6.31. The van der Waals surface area contributed by atoms with Gasteiger partial charge in [0.15, 0.2) is 0 Å². The van der Waals surface area contributed by atoms with Crippen molar-refractivity contribution in [3.05, 3.63) is 53.2 Å². The largest absolute Gasteiger partial charge is 0.364 e. The average Bonchev–Trinajstić information content (AvgIpc) is 3.09. The van der Waals surface area contributed by atoms with Crippen LogP contribution in [0.1, 0.15) is 32.2 Å². The van der Waals surface area contributed by atoms with Gasteiger partial charge in [-0.25, -0.2) is 4.98 Å². The number of imidazole rings is 1. The topological polar surface area (TPSA) is 77.0 Å². The number of ketones is 2. The normalized spacial score (nSPS) is 13.6. The lowest BCUT2D eigenvalue weighted by molar-refractivity contribution is 0.0946. The van der Waals surface area contributed by atoms with Crippen LogP contribution in [0, 0.1) is 0 Å². The number of H-pyrrole nitrogens is 1. The maximum absolute atomic E-state index is 12.7. The van der Waals surface area contributed by atoms with Gasteiger partial charge in [0.05, 0.1) is 17.4 Å². The Morgan fingerprint density at radius 3 is 2.86 bits per heavy atom. The number of rotatable bonds is 2. The summed E-state index contributed by atoms with van der Waals surface area (Å²) in [7, 11) is 1.55.